The zero-order chi connectivity index (χ0) is 15.9. The summed E-state index contributed by atoms with van der Waals surface area (Å²) in [5.74, 6) is 0. The van der Waals surface area contributed by atoms with E-state index < -0.39 is 10.0 Å². The average molecular weight is 312 g/mol. The van der Waals surface area contributed by atoms with E-state index in [4.69, 9.17) is 0 Å². The summed E-state index contributed by atoms with van der Waals surface area (Å²) in [7, 11) is -1.71. The highest BCUT2D eigenvalue weighted by molar-refractivity contribution is 7.89. The Labute approximate surface area is 129 Å². The minimum Gasteiger partial charge on any atom is -0.310 e. The van der Waals surface area contributed by atoms with Crippen LogP contribution in [0.4, 0.5) is 0 Å². The molecule has 1 unspecified atom stereocenters. The zero-order valence-electron chi connectivity index (χ0n) is 13.6. The Bertz CT molecular complexity index is 512. The molecule has 0 aliphatic rings. The highest BCUT2D eigenvalue weighted by atomic mass is 32.2. The maximum absolute atomic E-state index is 12.4. The summed E-state index contributed by atoms with van der Waals surface area (Å²) in [4.78, 5) is 0.368. The molecule has 1 N–H and O–H groups in total. The van der Waals surface area contributed by atoms with E-state index in [2.05, 4.69) is 26.1 Å². The molecule has 0 aliphatic heterocycles. The molecule has 0 fully saturated rings. The van der Waals surface area contributed by atoms with E-state index in [1.54, 1.807) is 19.2 Å². The first kappa shape index (κ1) is 18.1. The Morgan fingerprint density at radius 2 is 1.76 bits per heavy atom. The van der Waals surface area contributed by atoms with Gasteiger partial charge in [0.05, 0.1) is 4.90 Å². The molecule has 0 spiro atoms. The Morgan fingerprint density at radius 1 is 1.14 bits per heavy atom. The quantitative estimate of drug-likeness (QED) is 0.762. The third-order valence-electron chi connectivity index (χ3n) is 3.62. The van der Waals surface area contributed by atoms with E-state index in [0.29, 0.717) is 11.4 Å². The highest BCUT2D eigenvalue weighted by Gasteiger charge is 2.20. The largest absolute Gasteiger partial charge is 0.310 e. The minimum atomic E-state index is -3.36. The number of sulfonamides is 1. The molecule has 0 saturated heterocycles. The lowest BCUT2D eigenvalue weighted by Crippen LogP contribution is -2.28. The van der Waals surface area contributed by atoms with Gasteiger partial charge in [-0.1, -0.05) is 32.4 Å². The topological polar surface area (TPSA) is 49.4 Å². The fourth-order valence-electron chi connectivity index (χ4n) is 2.09. The lowest BCUT2D eigenvalue weighted by Gasteiger charge is -2.18. The lowest BCUT2D eigenvalue weighted by molar-refractivity contribution is 0.459. The monoisotopic (exact) mass is 312 g/mol. The second-order valence-corrected chi connectivity index (χ2v) is 7.47. The van der Waals surface area contributed by atoms with Crippen molar-refractivity contribution in [3.63, 3.8) is 0 Å². The number of nitrogens with zero attached hydrogens (tertiary/aromatic N) is 1. The van der Waals surface area contributed by atoms with Gasteiger partial charge in [0.15, 0.2) is 0 Å². The molecule has 0 aromatic heterocycles. The molecule has 0 bridgehead atoms. The molecule has 4 nitrogen and oxygen atoms in total. The molecule has 21 heavy (non-hydrogen) atoms. The van der Waals surface area contributed by atoms with E-state index in [0.717, 1.165) is 31.4 Å². The Morgan fingerprint density at radius 3 is 2.29 bits per heavy atom. The first-order chi connectivity index (χ1) is 9.93. The first-order valence-corrected chi connectivity index (χ1v) is 9.17. The number of unbranched alkanes of at least 4 members (excludes halogenated alkanes) is 1. The van der Waals surface area contributed by atoms with Crippen molar-refractivity contribution in [2.45, 2.75) is 51.0 Å². The fourth-order valence-corrected chi connectivity index (χ4v) is 3.30. The van der Waals surface area contributed by atoms with Crippen molar-refractivity contribution in [3.05, 3.63) is 29.8 Å². The van der Waals surface area contributed by atoms with Gasteiger partial charge in [0, 0.05) is 19.6 Å². The molecule has 1 aromatic rings. The molecule has 0 aliphatic carbocycles. The van der Waals surface area contributed by atoms with Crippen LogP contribution in [0.25, 0.3) is 0 Å². The number of hydrogen-bond donors (Lipinski definition) is 1. The maximum Gasteiger partial charge on any atom is 0.242 e. The van der Waals surface area contributed by atoms with Crippen LogP contribution in [0.1, 0.15) is 51.6 Å². The van der Waals surface area contributed by atoms with Crippen LogP contribution in [0.15, 0.2) is 29.2 Å². The van der Waals surface area contributed by atoms with Gasteiger partial charge in [-0.05, 0) is 44.0 Å². The molecular weight excluding hydrogens is 284 g/mol. The number of hydrogen-bond acceptors (Lipinski definition) is 3. The standard InChI is InChI=1S/C16H28N2O2S/c1-5-7-13-18(4)21(19,20)16-10-8-15(9-11-16)14(3)17-12-6-2/h8-11,14,17H,5-7,12-13H2,1-4H3. The SMILES string of the molecule is CCCCN(C)S(=O)(=O)c1ccc(C(C)NCCC)cc1. The van der Waals surface area contributed by atoms with Gasteiger partial charge in [-0.3, -0.25) is 0 Å². The maximum atomic E-state index is 12.4. The van der Waals surface area contributed by atoms with Crippen molar-refractivity contribution in [1.82, 2.24) is 9.62 Å². The van der Waals surface area contributed by atoms with E-state index >= 15 is 0 Å². The van der Waals surface area contributed by atoms with E-state index in [-0.39, 0.29) is 6.04 Å². The van der Waals surface area contributed by atoms with Crippen LogP contribution >= 0.6 is 0 Å². The lowest BCUT2D eigenvalue weighted by atomic mass is 10.1. The van der Waals surface area contributed by atoms with Gasteiger partial charge in [-0.15, -0.1) is 0 Å². The summed E-state index contributed by atoms with van der Waals surface area (Å²) >= 11 is 0. The van der Waals surface area contributed by atoms with Crippen LogP contribution in [0.2, 0.25) is 0 Å². The molecule has 0 saturated carbocycles. The van der Waals surface area contributed by atoms with E-state index in [1.807, 2.05) is 12.1 Å². The summed E-state index contributed by atoms with van der Waals surface area (Å²) < 4.78 is 26.2. The average Bonchev–Trinajstić information content (AvgIpc) is 2.50. The van der Waals surface area contributed by atoms with Crippen molar-refractivity contribution >= 4 is 10.0 Å². The van der Waals surface area contributed by atoms with Gasteiger partial charge in [0.2, 0.25) is 10.0 Å². The summed E-state index contributed by atoms with van der Waals surface area (Å²) in [6.07, 6.45) is 2.95. The number of nitrogens with one attached hydrogen (secondary N) is 1. The molecule has 120 valence electrons. The molecule has 0 heterocycles. The van der Waals surface area contributed by atoms with E-state index in [9.17, 15) is 8.42 Å². The number of rotatable bonds is 9. The molecular formula is C16H28N2O2S. The van der Waals surface area contributed by atoms with Crippen molar-refractivity contribution < 1.29 is 8.42 Å². The molecule has 1 atom stereocenters. The minimum absolute atomic E-state index is 0.236. The van der Waals surface area contributed by atoms with Crippen molar-refractivity contribution in [3.8, 4) is 0 Å². The molecule has 1 aromatic carbocycles. The smallest absolute Gasteiger partial charge is 0.242 e. The Balaban J connectivity index is 2.81. The second-order valence-electron chi connectivity index (χ2n) is 5.42. The Hall–Kier alpha value is -0.910. The van der Waals surface area contributed by atoms with Gasteiger partial charge in [0.25, 0.3) is 0 Å². The highest BCUT2D eigenvalue weighted by Crippen LogP contribution is 2.19. The molecule has 0 radical (unpaired) electrons. The predicted octanol–water partition coefficient (Wildman–Crippen LogP) is 3.17. The molecule has 5 heteroatoms. The van der Waals surface area contributed by atoms with Gasteiger partial charge in [0.1, 0.15) is 0 Å². The predicted molar refractivity (Wildman–Crippen MR) is 87.9 cm³/mol. The van der Waals surface area contributed by atoms with Crippen LogP contribution in [-0.4, -0.2) is 32.9 Å². The van der Waals surface area contributed by atoms with Crippen LogP contribution in [-0.2, 0) is 10.0 Å². The van der Waals surface area contributed by atoms with Crippen molar-refractivity contribution in [2.24, 2.45) is 0 Å². The zero-order valence-corrected chi connectivity index (χ0v) is 14.4. The van der Waals surface area contributed by atoms with Crippen molar-refractivity contribution in [1.29, 1.82) is 0 Å². The summed E-state index contributed by atoms with van der Waals surface area (Å²) in [6.45, 7) is 7.80. The normalized spacial score (nSPS) is 13.6. The second kappa shape index (κ2) is 8.51. The van der Waals surface area contributed by atoms with E-state index in [1.165, 1.54) is 4.31 Å². The van der Waals surface area contributed by atoms with Gasteiger partial charge >= 0.3 is 0 Å². The fraction of sp³-hybridized carbons (Fsp3) is 0.625. The first-order valence-electron chi connectivity index (χ1n) is 7.73. The van der Waals surface area contributed by atoms with Gasteiger partial charge < -0.3 is 5.32 Å². The number of benzene rings is 1. The Kier molecular flexibility index (Phi) is 7.35. The van der Waals surface area contributed by atoms with Crippen LogP contribution < -0.4 is 5.32 Å². The summed E-state index contributed by atoms with van der Waals surface area (Å²) in [5.41, 5.74) is 1.11. The third kappa shape index (κ3) is 5.09. The molecule has 1 rings (SSSR count). The van der Waals surface area contributed by atoms with Crippen molar-refractivity contribution in [2.75, 3.05) is 20.1 Å². The molecule has 0 amide bonds. The third-order valence-corrected chi connectivity index (χ3v) is 5.49. The van der Waals surface area contributed by atoms with Crippen LogP contribution in [0.3, 0.4) is 0 Å². The van der Waals surface area contributed by atoms with Gasteiger partial charge in [-0.2, -0.15) is 0 Å². The summed E-state index contributed by atoms with van der Waals surface area (Å²) in [6, 6.07) is 7.44. The van der Waals surface area contributed by atoms with Crippen LogP contribution in [0, 0.1) is 0 Å². The van der Waals surface area contributed by atoms with Crippen LogP contribution in [0.5, 0.6) is 0 Å². The summed E-state index contributed by atoms with van der Waals surface area (Å²) in [5, 5.41) is 3.40. The van der Waals surface area contributed by atoms with Gasteiger partial charge in [-0.25, -0.2) is 12.7 Å².